The zero-order valence-corrected chi connectivity index (χ0v) is 24.5. The smallest absolute Gasteiger partial charge is 0.280 e. The Morgan fingerprint density at radius 3 is 2.44 bits per heavy atom. The monoisotopic (exact) mass is 595 g/mol. The standard InChI is InChI=1S/C37H29N3O5/c1-24-30(37(43)40(38-24)27-13-6-3-7-14-27)19-26-23-39(31-16-9-8-15-29(26)31)17-10-18-44-28-20-32(41)36-33(42)22-34(45-35(36)21-28)25-11-4-2-5-12-25/h2-9,11-16,19-23,41H,10,17-18H2,1H3/b30-19+. The molecule has 6 aromatic rings. The molecule has 0 saturated carbocycles. The number of fused-ring (bicyclic) bond motifs is 2. The minimum Gasteiger partial charge on any atom is -0.507 e. The van der Waals surface area contributed by atoms with Crippen molar-refractivity contribution in [2.75, 3.05) is 11.6 Å². The van der Waals surface area contributed by atoms with Crippen molar-refractivity contribution in [2.24, 2.45) is 5.10 Å². The fourth-order valence-corrected chi connectivity index (χ4v) is 5.66. The van der Waals surface area contributed by atoms with Crippen LogP contribution in [0.5, 0.6) is 11.5 Å². The maximum atomic E-state index is 13.3. The molecule has 1 aliphatic heterocycles. The van der Waals surface area contributed by atoms with E-state index in [0.717, 1.165) is 27.7 Å². The van der Waals surface area contributed by atoms with Crippen LogP contribution in [0.25, 0.3) is 39.3 Å². The van der Waals surface area contributed by atoms with E-state index in [0.29, 0.717) is 42.4 Å². The minimum absolute atomic E-state index is 0.121. The molecule has 0 aliphatic carbocycles. The first-order chi connectivity index (χ1) is 22.0. The van der Waals surface area contributed by atoms with Gasteiger partial charge in [0.2, 0.25) is 0 Å². The molecule has 1 N–H and O–H groups in total. The molecule has 0 atom stereocenters. The number of para-hydroxylation sites is 2. The molecule has 0 saturated heterocycles. The van der Waals surface area contributed by atoms with E-state index in [2.05, 4.69) is 15.7 Å². The molecule has 222 valence electrons. The summed E-state index contributed by atoms with van der Waals surface area (Å²) in [5, 5.41) is 17.7. The number of hydrogen-bond acceptors (Lipinski definition) is 6. The summed E-state index contributed by atoms with van der Waals surface area (Å²) in [6, 6.07) is 31.3. The van der Waals surface area contributed by atoms with Crippen molar-refractivity contribution < 1.29 is 19.1 Å². The summed E-state index contributed by atoms with van der Waals surface area (Å²) in [6.45, 7) is 2.88. The van der Waals surface area contributed by atoms with Crippen molar-refractivity contribution in [1.82, 2.24) is 4.57 Å². The van der Waals surface area contributed by atoms with Crippen molar-refractivity contribution in [2.45, 2.75) is 19.9 Å². The highest BCUT2D eigenvalue weighted by Gasteiger charge is 2.29. The van der Waals surface area contributed by atoms with Gasteiger partial charge in [-0.05, 0) is 37.6 Å². The van der Waals surface area contributed by atoms with Crippen LogP contribution in [0.3, 0.4) is 0 Å². The second-order valence-corrected chi connectivity index (χ2v) is 10.8. The zero-order valence-electron chi connectivity index (χ0n) is 24.5. The molecule has 45 heavy (non-hydrogen) atoms. The van der Waals surface area contributed by atoms with Crippen LogP contribution in [0.1, 0.15) is 18.9 Å². The SMILES string of the molecule is CC1=NN(c2ccccc2)C(=O)/C1=C/c1cn(CCCOc2cc(O)c3c(=O)cc(-c4ccccc4)oc3c2)c2ccccc12. The van der Waals surface area contributed by atoms with Gasteiger partial charge in [0.15, 0.2) is 5.43 Å². The van der Waals surface area contributed by atoms with E-state index in [9.17, 15) is 14.7 Å². The quantitative estimate of drug-likeness (QED) is 0.146. The Kier molecular flexibility index (Phi) is 7.23. The number of ether oxygens (including phenoxy) is 1. The molecule has 0 fully saturated rings. The molecule has 8 heteroatoms. The Bertz CT molecular complexity index is 2180. The summed E-state index contributed by atoms with van der Waals surface area (Å²) < 4.78 is 14.1. The van der Waals surface area contributed by atoms with E-state index in [1.54, 1.807) is 6.07 Å². The largest absolute Gasteiger partial charge is 0.507 e. The van der Waals surface area contributed by atoms with Gasteiger partial charge in [0, 0.05) is 53.0 Å². The maximum Gasteiger partial charge on any atom is 0.280 e. The van der Waals surface area contributed by atoms with E-state index in [1.165, 1.54) is 17.1 Å². The number of phenols is 1. The molecule has 1 amide bonds. The summed E-state index contributed by atoms with van der Waals surface area (Å²) >= 11 is 0. The molecular formula is C37H29N3O5. The highest BCUT2D eigenvalue weighted by atomic mass is 16.5. The van der Waals surface area contributed by atoms with Crippen molar-refractivity contribution in [3.8, 4) is 22.8 Å². The van der Waals surface area contributed by atoms with Gasteiger partial charge in [-0.1, -0.05) is 66.7 Å². The number of anilines is 1. The highest BCUT2D eigenvalue weighted by Crippen LogP contribution is 2.32. The average molecular weight is 596 g/mol. The van der Waals surface area contributed by atoms with Crippen LogP contribution in [0.15, 0.2) is 129 Å². The topological polar surface area (TPSA) is 97.3 Å². The van der Waals surface area contributed by atoms with Crippen molar-refractivity contribution >= 4 is 45.3 Å². The summed E-state index contributed by atoms with van der Waals surface area (Å²) in [6.07, 6.45) is 4.63. The predicted octanol–water partition coefficient (Wildman–Crippen LogP) is 7.40. The Hall–Kier alpha value is -5.89. The molecule has 0 radical (unpaired) electrons. The molecule has 4 aromatic carbocycles. The first-order valence-electron chi connectivity index (χ1n) is 14.7. The fraction of sp³-hybridized carbons (Fsp3) is 0.108. The van der Waals surface area contributed by atoms with Gasteiger partial charge in [-0.3, -0.25) is 9.59 Å². The number of carbonyl (C=O) groups is 1. The summed E-state index contributed by atoms with van der Waals surface area (Å²) in [5.41, 5.74) is 4.64. The lowest BCUT2D eigenvalue weighted by atomic mass is 10.1. The fourth-order valence-electron chi connectivity index (χ4n) is 5.66. The zero-order chi connectivity index (χ0) is 30.9. The van der Waals surface area contributed by atoms with E-state index in [1.807, 2.05) is 98.1 Å². The normalized spacial score (nSPS) is 14.1. The molecular weight excluding hydrogens is 566 g/mol. The third-order valence-electron chi connectivity index (χ3n) is 7.84. The minimum atomic E-state index is -0.321. The summed E-state index contributed by atoms with van der Waals surface area (Å²) in [4.78, 5) is 26.1. The van der Waals surface area contributed by atoms with Crippen LogP contribution in [-0.4, -0.2) is 27.9 Å². The average Bonchev–Trinajstić information content (AvgIpc) is 3.55. The van der Waals surface area contributed by atoms with Gasteiger partial charge >= 0.3 is 0 Å². The molecule has 8 nitrogen and oxygen atoms in total. The first-order valence-corrected chi connectivity index (χ1v) is 14.7. The van der Waals surface area contributed by atoms with Gasteiger partial charge in [-0.15, -0.1) is 0 Å². The van der Waals surface area contributed by atoms with Crippen LogP contribution in [0.2, 0.25) is 0 Å². The van der Waals surface area contributed by atoms with E-state index >= 15 is 0 Å². The van der Waals surface area contributed by atoms with Crippen molar-refractivity contribution in [3.63, 3.8) is 0 Å². The third kappa shape index (κ3) is 5.38. The van der Waals surface area contributed by atoms with E-state index in [-0.39, 0.29) is 28.1 Å². The number of carbonyl (C=O) groups excluding carboxylic acids is 1. The molecule has 3 heterocycles. The number of aromatic nitrogens is 1. The second-order valence-electron chi connectivity index (χ2n) is 10.8. The Labute approximate surface area is 258 Å². The second kappa shape index (κ2) is 11.7. The lowest BCUT2D eigenvalue weighted by Gasteiger charge is -2.10. The number of hydrogen-bond donors (Lipinski definition) is 1. The lowest BCUT2D eigenvalue weighted by molar-refractivity contribution is -0.114. The molecule has 2 aromatic heterocycles. The maximum absolute atomic E-state index is 13.3. The summed E-state index contributed by atoms with van der Waals surface area (Å²) in [7, 11) is 0. The Balaban J connectivity index is 1.09. The number of rotatable bonds is 8. The Morgan fingerprint density at radius 1 is 0.911 bits per heavy atom. The number of hydrazone groups is 1. The predicted molar refractivity (Wildman–Crippen MR) is 177 cm³/mol. The third-order valence-corrected chi connectivity index (χ3v) is 7.84. The number of benzene rings is 4. The molecule has 0 spiro atoms. The van der Waals surface area contributed by atoms with E-state index in [4.69, 9.17) is 9.15 Å². The van der Waals surface area contributed by atoms with Gasteiger partial charge < -0.3 is 18.8 Å². The van der Waals surface area contributed by atoms with Crippen LogP contribution < -0.4 is 15.2 Å². The highest BCUT2D eigenvalue weighted by molar-refractivity contribution is 6.32. The van der Waals surface area contributed by atoms with Crippen LogP contribution >= 0.6 is 0 Å². The van der Waals surface area contributed by atoms with Gasteiger partial charge in [0.1, 0.15) is 28.2 Å². The van der Waals surface area contributed by atoms with Gasteiger partial charge in [0.05, 0.1) is 23.6 Å². The van der Waals surface area contributed by atoms with E-state index < -0.39 is 0 Å². The lowest BCUT2D eigenvalue weighted by Crippen LogP contribution is -2.21. The van der Waals surface area contributed by atoms with Gasteiger partial charge in [-0.2, -0.15) is 10.1 Å². The number of nitrogens with zero attached hydrogens (tertiary/aromatic N) is 3. The molecule has 0 unspecified atom stereocenters. The number of aryl methyl sites for hydroxylation is 1. The molecule has 7 rings (SSSR count). The molecule has 0 bridgehead atoms. The van der Waals surface area contributed by atoms with Crippen molar-refractivity contribution in [3.05, 3.63) is 131 Å². The Morgan fingerprint density at radius 2 is 1.64 bits per heavy atom. The van der Waals surface area contributed by atoms with Crippen LogP contribution in [-0.2, 0) is 11.3 Å². The van der Waals surface area contributed by atoms with Crippen LogP contribution in [0, 0.1) is 0 Å². The van der Waals surface area contributed by atoms with Crippen molar-refractivity contribution in [1.29, 1.82) is 0 Å². The van der Waals surface area contributed by atoms with Crippen LogP contribution in [0.4, 0.5) is 5.69 Å². The number of phenolic OH excluding ortho intramolecular Hbond substituents is 1. The number of aromatic hydroxyl groups is 1. The first kappa shape index (κ1) is 27.9. The molecule has 1 aliphatic rings. The van der Waals surface area contributed by atoms with Gasteiger partial charge in [-0.25, -0.2) is 0 Å². The summed E-state index contributed by atoms with van der Waals surface area (Å²) in [5.74, 6) is 0.488. The number of amides is 1. The van der Waals surface area contributed by atoms with Gasteiger partial charge in [0.25, 0.3) is 5.91 Å².